The molecule has 0 aliphatic heterocycles. The molecule has 0 aromatic rings. The SMILES string of the molecule is CC(C)CO[C@H](C)C(=O)NC1CCCCC1. The third kappa shape index (κ3) is 4.97. The number of amides is 1. The number of hydrogen-bond acceptors (Lipinski definition) is 2. The van der Waals surface area contributed by atoms with Crippen molar-refractivity contribution >= 4 is 5.91 Å². The van der Waals surface area contributed by atoms with E-state index in [9.17, 15) is 4.79 Å². The highest BCUT2D eigenvalue weighted by molar-refractivity contribution is 5.80. The topological polar surface area (TPSA) is 38.3 Å². The molecule has 0 bridgehead atoms. The second-order valence-electron chi connectivity index (χ2n) is 5.21. The van der Waals surface area contributed by atoms with Gasteiger partial charge in [-0.2, -0.15) is 0 Å². The van der Waals surface area contributed by atoms with Crippen LogP contribution in [0.5, 0.6) is 0 Å². The molecule has 0 unspecified atom stereocenters. The molecule has 1 saturated carbocycles. The lowest BCUT2D eigenvalue weighted by Crippen LogP contribution is -2.42. The van der Waals surface area contributed by atoms with Crippen LogP contribution in [-0.2, 0) is 9.53 Å². The average Bonchev–Trinajstić information content (AvgIpc) is 2.27. The van der Waals surface area contributed by atoms with Crippen molar-refractivity contribution in [3.63, 3.8) is 0 Å². The van der Waals surface area contributed by atoms with Gasteiger partial charge in [-0.25, -0.2) is 0 Å². The summed E-state index contributed by atoms with van der Waals surface area (Å²) in [6, 6.07) is 0.381. The molecule has 0 saturated heterocycles. The van der Waals surface area contributed by atoms with Gasteiger partial charge in [-0.1, -0.05) is 33.1 Å². The Morgan fingerprint density at radius 2 is 1.88 bits per heavy atom. The summed E-state index contributed by atoms with van der Waals surface area (Å²) in [5, 5.41) is 3.08. The molecule has 1 N–H and O–H groups in total. The quantitative estimate of drug-likeness (QED) is 0.783. The van der Waals surface area contributed by atoms with Crippen molar-refractivity contribution in [3.8, 4) is 0 Å². The molecule has 94 valence electrons. The fraction of sp³-hybridized carbons (Fsp3) is 0.923. The van der Waals surface area contributed by atoms with Crippen molar-refractivity contribution in [2.75, 3.05) is 6.61 Å². The monoisotopic (exact) mass is 227 g/mol. The van der Waals surface area contributed by atoms with E-state index in [4.69, 9.17) is 4.74 Å². The standard InChI is InChI=1S/C13H25NO2/c1-10(2)9-16-11(3)13(15)14-12-7-5-4-6-8-12/h10-12H,4-9H2,1-3H3,(H,14,15)/t11-/m1/s1. The second-order valence-corrected chi connectivity index (χ2v) is 5.21. The maximum absolute atomic E-state index is 11.8. The van der Waals surface area contributed by atoms with Gasteiger partial charge in [0, 0.05) is 12.6 Å². The molecule has 3 nitrogen and oxygen atoms in total. The number of carbonyl (C=O) groups excluding carboxylic acids is 1. The Labute approximate surface area is 98.9 Å². The minimum absolute atomic E-state index is 0.0487. The largest absolute Gasteiger partial charge is 0.368 e. The van der Waals surface area contributed by atoms with E-state index in [2.05, 4.69) is 19.2 Å². The molecule has 1 atom stereocenters. The summed E-state index contributed by atoms with van der Waals surface area (Å²) in [6.45, 7) is 6.66. The number of rotatable bonds is 5. The number of nitrogens with one attached hydrogen (secondary N) is 1. The smallest absolute Gasteiger partial charge is 0.249 e. The second kappa shape index (κ2) is 6.89. The Kier molecular flexibility index (Phi) is 5.81. The summed E-state index contributed by atoms with van der Waals surface area (Å²) in [7, 11) is 0. The van der Waals surface area contributed by atoms with Crippen molar-refractivity contribution in [2.24, 2.45) is 5.92 Å². The van der Waals surface area contributed by atoms with Gasteiger partial charge >= 0.3 is 0 Å². The van der Waals surface area contributed by atoms with E-state index < -0.39 is 0 Å². The van der Waals surface area contributed by atoms with Gasteiger partial charge in [0.25, 0.3) is 0 Å². The van der Waals surface area contributed by atoms with E-state index in [0.717, 1.165) is 12.8 Å². The van der Waals surface area contributed by atoms with Crippen molar-refractivity contribution in [1.82, 2.24) is 5.32 Å². The average molecular weight is 227 g/mol. The summed E-state index contributed by atoms with van der Waals surface area (Å²) >= 11 is 0. The van der Waals surface area contributed by atoms with Gasteiger partial charge in [0.05, 0.1) is 0 Å². The molecule has 0 aromatic heterocycles. The number of carbonyl (C=O) groups is 1. The zero-order chi connectivity index (χ0) is 12.0. The van der Waals surface area contributed by atoms with Gasteiger partial charge < -0.3 is 10.1 Å². The minimum Gasteiger partial charge on any atom is -0.368 e. The first-order valence-corrected chi connectivity index (χ1v) is 6.51. The first kappa shape index (κ1) is 13.5. The maximum atomic E-state index is 11.8. The van der Waals surface area contributed by atoms with Crippen LogP contribution in [0.15, 0.2) is 0 Å². The third-order valence-corrected chi connectivity index (χ3v) is 3.00. The van der Waals surface area contributed by atoms with Gasteiger partial charge in [0.15, 0.2) is 0 Å². The van der Waals surface area contributed by atoms with Crippen molar-refractivity contribution in [3.05, 3.63) is 0 Å². The Bertz CT molecular complexity index is 210. The third-order valence-electron chi connectivity index (χ3n) is 3.00. The first-order valence-electron chi connectivity index (χ1n) is 6.51. The minimum atomic E-state index is -0.315. The molecular formula is C13H25NO2. The highest BCUT2D eigenvalue weighted by atomic mass is 16.5. The van der Waals surface area contributed by atoms with Gasteiger partial charge in [0.1, 0.15) is 6.10 Å². The Balaban J connectivity index is 2.22. The molecule has 3 heteroatoms. The molecular weight excluding hydrogens is 202 g/mol. The summed E-state index contributed by atoms with van der Waals surface area (Å²) in [6.07, 6.45) is 5.74. The summed E-state index contributed by atoms with van der Waals surface area (Å²) < 4.78 is 5.49. The fourth-order valence-electron chi connectivity index (χ4n) is 1.98. The first-order chi connectivity index (χ1) is 7.59. The normalized spacial score (nSPS) is 19.8. The van der Waals surface area contributed by atoms with Crippen LogP contribution in [0.1, 0.15) is 52.9 Å². The van der Waals surface area contributed by atoms with Crippen LogP contribution in [0.3, 0.4) is 0 Å². The molecule has 0 radical (unpaired) electrons. The molecule has 0 spiro atoms. The fourth-order valence-corrected chi connectivity index (χ4v) is 1.98. The molecule has 1 aliphatic carbocycles. The predicted octanol–water partition coefficient (Wildman–Crippen LogP) is 2.50. The Morgan fingerprint density at radius 1 is 1.25 bits per heavy atom. The molecule has 0 heterocycles. The molecule has 16 heavy (non-hydrogen) atoms. The van der Waals surface area contributed by atoms with Crippen LogP contribution >= 0.6 is 0 Å². The van der Waals surface area contributed by atoms with Crippen LogP contribution in [0, 0.1) is 5.92 Å². The van der Waals surface area contributed by atoms with E-state index in [1.807, 2.05) is 6.92 Å². The lowest BCUT2D eigenvalue weighted by molar-refractivity contribution is -0.133. The summed E-state index contributed by atoms with van der Waals surface area (Å²) in [4.78, 5) is 11.8. The molecule has 1 fully saturated rings. The van der Waals surface area contributed by atoms with Crippen LogP contribution < -0.4 is 5.32 Å². The molecule has 1 amide bonds. The molecule has 1 aliphatic rings. The van der Waals surface area contributed by atoms with Gasteiger partial charge in [-0.3, -0.25) is 4.79 Å². The van der Waals surface area contributed by atoms with Crippen molar-refractivity contribution in [2.45, 2.75) is 65.0 Å². The van der Waals surface area contributed by atoms with Crippen LogP contribution in [0.4, 0.5) is 0 Å². The van der Waals surface area contributed by atoms with Gasteiger partial charge in [-0.05, 0) is 25.7 Å². The maximum Gasteiger partial charge on any atom is 0.249 e. The highest BCUT2D eigenvalue weighted by Crippen LogP contribution is 2.17. The van der Waals surface area contributed by atoms with Crippen LogP contribution in [-0.4, -0.2) is 24.7 Å². The van der Waals surface area contributed by atoms with Crippen molar-refractivity contribution in [1.29, 1.82) is 0 Å². The summed E-state index contributed by atoms with van der Waals surface area (Å²) in [5.41, 5.74) is 0. The highest BCUT2D eigenvalue weighted by Gasteiger charge is 2.19. The van der Waals surface area contributed by atoms with E-state index in [1.54, 1.807) is 0 Å². The molecule has 1 rings (SSSR count). The zero-order valence-electron chi connectivity index (χ0n) is 10.8. The lowest BCUT2D eigenvalue weighted by Gasteiger charge is -2.24. The molecule has 0 aromatic carbocycles. The number of ether oxygens (including phenoxy) is 1. The Morgan fingerprint density at radius 3 is 2.44 bits per heavy atom. The Hall–Kier alpha value is -0.570. The van der Waals surface area contributed by atoms with E-state index >= 15 is 0 Å². The summed E-state index contributed by atoms with van der Waals surface area (Å²) in [5.74, 6) is 0.525. The number of hydrogen-bond donors (Lipinski definition) is 1. The van der Waals surface area contributed by atoms with E-state index in [1.165, 1.54) is 19.3 Å². The van der Waals surface area contributed by atoms with Gasteiger partial charge in [-0.15, -0.1) is 0 Å². The van der Waals surface area contributed by atoms with Crippen LogP contribution in [0.2, 0.25) is 0 Å². The predicted molar refractivity (Wildman–Crippen MR) is 65.3 cm³/mol. The van der Waals surface area contributed by atoms with Gasteiger partial charge in [0.2, 0.25) is 5.91 Å². The van der Waals surface area contributed by atoms with Crippen molar-refractivity contribution < 1.29 is 9.53 Å². The van der Waals surface area contributed by atoms with E-state index in [-0.39, 0.29) is 12.0 Å². The van der Waals surface area contributed by atoms with E-state index in [0.29, 0.717) is 18.6 Å². The van der Waals surface area contributed by atoms with Crippen LogP contribution in [0.25, 0.3) is 0 Å². The zero-order valence-corrected chi connectivity index (χ0v) is 10.8. The lowest BCUT2D eigenvalue weighted by atomic mass is 9.95.